The van der Waals surface area contributed by atoms with Gasteiger partial charge in [0.1, 0.15) is 4.88 Å². The lowest BCUT2D eigenvalue weighted by molar-refractivity contribution is 0.0927. The third-order valence-corrected chi connectivity index (χ3v) is 3.90. The first kappa shape index (κ1) is 11.3. The number of nitrogens with one attached hydrogen (secondary N) is 1. The molecule has 0 radical (unpaired) electrons. The van der Waals surface area contributed by atoms with E-state index in [-0.39, 0.29) is 5.91 Å². The van der Waals surface area contributed by atoms with Crippen LogP contribution >= 0.6 is 11.3 Å². The fourth-order valence-electron chi connectivity index (χ4n) is 2.09. The van der Waals surface area contributed by atoms with Gasteiger partial charge in [-0.05, 0) is 24.3 Å². The zero-order valence-corrected chi connectivity index (χ0v) is 9.89. The summed E-state index contributed by atoms with van der Waals surface area (Å²) in [5.41, 5.74) is 0.498. The van der Waals surface area contributed by atoms with Crippen LogP contribution in [0.15, 0.2) is 11.4 Å². The topological polar surface area (TPSA) is 46.2 Å². The van der Waals surface area contributed by atoms with Crippen LogP contribution in [-0.4, -0.2) is 18.2 Å². The smallest absolute Gasteiger partial charge is 0.262 e. The van der Waals surface area contributed by atoms with Crippen molar-refractivity contribution < 1.29 is 9.59 Å². The summed E-state index contributed by atoms with van der Waals surface area (Å²) in [6, 6.07) is 1.98. The number of aldehydes is 1. The van der Waals surface area contributed by atoms with Gasteiger partial charge in [-0.2, -0.15) is 0 Å². The van der Waals surface area contributed by atoms with Crippen molar-refractivity contribution in [1.82, 2.24) is 5.32 Å². The highest BCUT2D eigenvalue weighted by atomic mass is 32.1. The maximum atomic E-state index is 11.9. The van der Waals surface area contributed by atoms with E-state index in [1.807, 2.05) is 0 Å². The van der Waals surface area contributed by atoms with Crippen LogP contribution in [-0.2, 0) is 0 Å². The molecule has 1 aromatic rings. The molecule has 1 amide bonds. The second-order valence-electron chi connectivity index (χ2n) is 4.13. The standard InChI is InChI=1S/C12H15NO2S/c14-8-9-6-7-16-11(9)12(15)13-10-4-2-1-3-5-10/h6-8,10H,1-5H2,(H,13,15). The highest BCUT2D eigenvalue weighted by Crippen LogP contribution is 2.19. The van der Waals surface area contributed by atoms with E-state index in [1.165, 1.54) is 30.6 Å². The SMILES string of the molecule is O=Cc1ccsc1C(=O)NC1CCCCC1. The van der Waals surface area contributed by atoms with Crippen molar-refractivity contribution in [2.45, 2.75) is 38.1 Å². The predicted octanol–water partition coefficient (Wildman–Crippen LogP) is 2.62. The van der Waals surface area contributed by atoms with Crippen molar-refractivity contribution in [3.05, 3.63) is 21.9 Å². The van der Waals surface area contributed by atoms with E-state index >= 15 is 0 Å². The molecule has 1 aliphatic carbocycles. The summed E-state index contributed by atoms with van der Waals surface area (Å²) in [7, 11) is 0. The fourth-order valence-corrected chi connectivity index (χ4v) is 2.86. The van der Waals surface area contributed by atoms with Crippen molar-refractivity contribution in [3.8, 4) is 0 Å². The number of carbonyl (C=O) groups is 2. The van der Waals surface area contributed by atoms with Gasteiger partial charge in [0.25, 0.3) is 5.91 Å². The van der Waals surface area contributed by atoms with Gasteiger partial charge >= 0.3 is 0 Å². The fraction of sp³-hybridized carbons (Fsp3) is 0.500. The lowest BCUT2D eigenvalue weighted by atomic mass is 9.95. The number of amides is 1. The minimum atomic E-state index is -0.0935. The average Bonchev–Trinajstić information content (AvgIpc) is 2.78. The van der Waals surface area contributed by atoms with Gasteiger partial charge in [-0.3, -0.25) is 9.59 Å². The first-order valence-electron chi connectivity index (χ1n) is 5.65. The Bertz CT molecular complexity index is 380. The molecule has 2 rings (SSSR count). The van der Waals surface area contributed by atoms with E-state index in [0.29, 0.717) is 16.5 Å². The molecule has 3 nitrogen and oxygen atoms in total. The normalized spacial score (nSPS) is 17.0. The summed E-state index contributed by atoms with van der Waals surface area (Å²) in [6.45, 7) is 0. The number of rotatable bonds is 3. The van der Waals surface area contributed by atoms with Crippen LogP contribution in [0.5, 0.6) is 0 Å². The average molecular weight is 237 g/mol. The molecule has 1 saturated carbocycles. The van der Waals surface area contributed by atoms with Crippen molar-refractivity contribution in [3.63, 3.8) is 0 Å². The number of carbonyl (C=O) groups excluding carboxylic acids is 2. The monoisotopic (exact) mass is 237 g/mol. The summed E-state index contributed by atoms with van der Waals surface area (Å²) in [5, 5.41) is 4.79. The number of thiophene rings is 1. The van der Waals surface area contributed by atoms with Gasteiger partial charge in [0.15, 0.2) is 6.29 Å². The van der Waals surface area contributed by atoms with E-state index in [2.05, 4.69) is 5.32 Å². The summed E-state index contributed by atoms with van der Waals surface area (Å²) in [6.07, 6.45) is 6.52. The molecule has 0 spiro atoms. The largest absolute Gasteiger partial charge is 0.349 e. The van der Waals surface area contributed by atoms with Gasteiger partial charge in [0.2, 0.25) is 0 Å². The van der Waals surface area contributed by atoms with Crippen LogP contribution in [0.2, 0.25) is 0 Å². The molecular weight excluding hydrogens is 222 g/mol. The molecule has 4 heteroatoms. The molecule has 1 aliphatic rings. The maximum Gasteiger partial charge on any atom is 0.262 e. The molecule has 16 heavy (non-hydrogen) atoms. The van der Waals surface area contributed by atoms with Crippen molar-refractivity contribution in [2.24, 2.45) is 0 Å². The molecule has 0 unspecified atom stereocenters. The van der Waals surface area contributed by atoms with Crippen LogP contribution in [0.1, 0.15) is 52.1 Å². The molecular formula is C12H15NO2S. The number of hydrogen-bond donors (Lipinski definition) is 1. The van der Waals surface area contributed by atoms with Crippen LogP contribution < -0.4 is 5.32 Å². The molecule has 86 valence electrons. The van der Waals surface area contributed by atoms with Gasteiger partial charge in [0.05, 0.1) is 0 Å². The maximum absolute atomic E-state index is 11.9. The minimum absolute atomic E-state index is 0.0935. The Balaban J connectivity index is 1.99. The molecule has 1 N–H and O–H groups in total. The van der Waals surface area contributed by atoms with Crippen LogP contribution in [0.3, 0.4) is 0 Å². The van der Waals surface area contributed by atoms with Crippen LogP contribution in [0, 0.1) is 0 Å². The quantitative estimate of drug-likeness (QED) is 0.821. The van der Waals surface area contributed by atoms with Crippen LogP contribution in [0.25, 0.3) is 0 Å². The highest BCUT2D eigenvalue weighted by Gasteiger charge is 2.19. The molecule has 0 saturated heterocycles. The molecule has 0 aromatic carbocycles. The third-order valence-electron chi connectivity index (χ3n) is 2.97. The lowest BCUT2D eigenvalue weighted by Crippen LogP contribution is -2.36. The Labute approximate surface area is 98.9 Å². The van der Waals surface area contributed by atoms with Crippen molar-refractivity contribution in [1.29, 1.82) is 0 Å². The lowest BCUT2D eigenvalue weighted by Gasteiger charge is -2.22. The molecule has 1 fully saturated rings. The highest BCUT2D eigenvalue weighted by molar-refractivity contribution is 7.12. The van der Waals surface area contributed by atoms with Gasteiger partial charge in [-0.1, -0.05) is 19.3 Å². The second-order valence-corrected chi connectivity index (χ2v) is 5.05. The van der Waals surface area contributed by atoms with Gasteiger partial charge in [0, 0.05) is 11.6 Å². The summed E-state index contributed by atoms with van der Waals surface area (Å²) >= 11 is 1.33. The molecule has 0 bridgehead atoms. The molecule has 0 atom stereocenters. The Morgan fingerprint density at radius 3 is 2.81 bits per heavy atom. The Morgan fingerprint density at radius 1 is 1.38 bits per heavy atom. The zero-order valence-electron chi connectivity index (χ0n) is 9.07. The van der Waals surface area contributed by atoms with E-state index < -0.39 is 0 Å². The van der Waals surface area contributed by atoms with Gasteiger partial charge in [-0.25, -0.2) is 0 Å². The van der Waals surface area contributed by atoms with E-state index in [4.69, 9.17) is 0 Å². The van der Waals surface area contributed by atoms with Gasteiger partial charge < -0.3 is 5.32 Å². The van der Waals surface area contributed by atoms with Crippen molar-refractivity contribution in [2.75, 3.05) is 0 Å². The molecule has 1 heterocycles. The predicted molar refractivity (Wildman–Crippen MR) is 64.0 cm³/mol. The van der Waals surface area contributed by atoms with E-state index in [1.54, 1.807) is 11.4 Å². The second kappa shape index (κ2) is 5.25. The Morgan fingerprint density at radius 2 is 2.12 bits per heavy atom. The first-order chi connectivity index (χ1) is 7.81. The Hall–Kier alpha value is -1.16. The minimum Gasteiger partial charge on any atom is -0.349 e. The summed E-state index contributed by atoms with van der Waals surface area (Å²) in [5.74, 6) is -0.0935. The van der Waals surface area contributed by atoms with E-state index in [9.17, 15) is 9.59 Å². The number of hydrogen-bond acceptors (Lipinski definition) is 3. The zero-order chi connectivity index (χ0) is 11.4. The Kier molecular flexibility index (Phi) is 3.72. The summed E-state index contributed by atoms with van der Waals surface area (Å²) < 4.78 is 0. The van der Waals surface area contributed by atoms with Gasteiger partial charge in [-0.15, -0.1) is 11.3 Å². The molecule has 0 aliphatic heterocycles. The van der Waals surface area contributed by atoms with Crippen LogP contribution in [0.4, 0.5) is 0 Å². The third kappa shape index (κ3) is 2.50. The molecule has 1 aromatic heterocycles. The van der Waals surface area contributed by atoms with E-state index in [0.717, 1.165) is 19.1 Å². The summed E-state index contributed by atoms with van der Waals surface area (Å²) in [4.78, 5) is 23.1. The van der Waals surface area contributed by atoms with Crippen molar-refractivity contribution >= 4 is 23.5 Å². The first-order valence-corrected chi connectivity index (χ1v) is 6.53.